The van der Waals surface area contributed by atoms with E-state index in [4.69, 9.17) is 10.7 Å². The molecule has 0 bridgehead atoms. The van der Waals surface area contributed by atoms with Crippen LogP contribution >= 0.6 is 0 Å². The van der Waals surface area contributed by atoms with Gasteiger partial charge in [-0.15, -0.1) is 0 Å². The predicted molar refractivity (Wildman–Crippen MR) is 79.3 cm³/mol. The van der Waals surface area contributed by atoms with Crippen molar-refractivity contribution in [2.75, 3.05) is 0 Å². The van der Waals surface area contributed by atoms with Crippen LogP contribution in [0.2, 0.25) is 0 Å². The van der Waals surface area contributed by atoms with Gasteiger partial charge in [-0.1, -0.05) is 18.9 Å². The molecule has 0 aliphatic heterocycles. The van der Waals surface area contributed by atoms with Gasteiger partial charge in [0.05, 0.1) is 11.0 Å². The molecular weight excluding hydrogens is 234 g/mol. The first-order valence-corrected chi connectivity index (χ1v) is 7.36. The zero-order valence-electron chi connectivity index (χ0n) is 11.9. The van der Waals surface area contributed by atoms with E-state index in [9.17, 15) is 0 Å². The van der Waals surface area contributed by atoms with E-state index in [0.717, 1.165) is 11.9 Å². The second-order valence-corrected chi connectivity index (χ2v) is 6.01. The first-order valence-electron chi connectivity index (χ1n) is 7.36. The molecule has 1 saturated carbocycles. The van der Waals surface area contributed by atoms with Crippen molar-refractivity contribution in [1.29, 1.82) is 0 Å². The van der Waals surface area contributed by atoms with Crippen LogP contribution in [-0.4, -0.2) is 15.6 Å². The number of aryl methyl sites for hydroxylation is 1. The summed E-state index contributed by atoms with van der Waals surface area (Å²) < 4.78 is 2.29. The molecule has 3 nitrogen and oxygen atoms in total. The maximum atomic E-state index is 5.89. The van der Waals surface area contributed by atoms with Gasteiger partial charge in [0.1, 0.15) is 5.82 Å². The molecule has 1 unspecified atom stereocenters. The Morgan fingerprint density at radius 1 is 1.37 bits per heavy atom. The quantitative estimate of drug-likeness (QED) is 0.918. The summed E-state index contributed by atoms with van der Waals surface area (Å²) in [5, 5.41) is 0. The highest BCUT2D eigenvalue weighted by molar-refractivity contribution is 5.77. The number of aromatic nitrogens is 2. The van der Waals surface area contributed by atoms with E-state index < -0.39 is 0 Å². The first kappa shape index (κ1) is 12.7. The molecule has 3 rings (SSSR count). The van der Waals surface area contributed by atoms with E-state index in [1.807, 2.05) is 0 Å². The Labute approximate surface area is 114 Å². The van der Waals surface area contributed by atoms with Crippen LogP contribution in [0, 0.1) is 0 Å². The van der Waals surface area contributed by atoms with Gasteiger partial charge in [0.25, 0.3) is 0 Å². The maximum absolute atomic E-state index is 5.89. The second-order valence-electron chi connectivity index (χ2n) is 6.01. The van der Waals surface area contributed by atoms with Crippen molar-refractivity contribution in [3.63, 3.8) is 0 Å². The highest BCUT2D eigenvalue weighted by atomic mass is 15.1. The Kier molecular flexibility index (Phi) is 3.31. The Morgan fingerprint density at radius 2 is 2.11 bits per heavy atom. The maximum Gasteiger partial charge on any atom is 0.112 e. The van der Waals surface area contributed by atoms with E-state index in [0.29, 0.717) is 5.92 Å². The Balaban J connectivity index is 2.00. The highest BCUT2D eigenvalue weighted by Gasteiger charge is 2.22. The number of rotatable bonds is 3. The molecule has 1 atom stereocenters. The zero-order valence-corrected chi connectivity index (χ0v) is 11.9. The van der Waals surface area contributed by atoms with Crippen LogP contribution in [0.1, 0.15) is 49.9 Å². The second kappa shape index (κ2) is 4.97. The minimum Gasteiger partial charge on any atom is -0.331 e. The van der Waals surface area contributed by atoms with Gasteiger partial charge >= 0.3 is 0 Å². The monoisotopic (exact) mass is 257 g/mol. The number of benzene rings is 1. The summed E-state index contributed by atoms with van der Waals surface area (Å²) in [7, 11) is 2.15. The largest absolute Gasteiger partial charge is 0.331 e. The lowest BCUT2D eigenvalue weighted by atomic mass is 10.1. The molecule has 0 saturated heterocycles. The third kappa shape index (κ3) is 2.39. The SMILES string of the molecule is CC(N)Cc1ccc2nc(C3CCCC3)n(C)c2c1. The molecule has 0 spiro atoms. The van der Waals surface area contributed by atoms with E-state index in [2.05, 4.69) is 36.7 Å². The van der Waals surface area contributed by atoms with Crippen molar-refractivity contribution >= 4 is 11.0 Å². The van der Waals surface area contributed by atoms with Crippen LogP contribution in [0.15, 0.2) is 18.2 Å². The third-order valence-corrected chi connectivity index (χ3v) is 4.26. The topological polar surface area (TPSA) is 43.8 Å². The summed E-state index contributed by atoms with van der Waals surface area (Å²) in [5.74, 6) is 1.93. The summed E-state index contributed by atoms with van der Waals surface area (Å²) >= 11 is 0. The van der Waals surface area contributed by atoms with Crippen LogP contribution in [0.3, 0.4) is 0 Å². The summed E-state index contributed by atoms with van der Waals surface area (Å²) in [6.07, 6.45) is 6.22. The van der Waals surface area contributed by atoms with Crippen LogP contribution in [0.4, 0.5) is 0 Å². The van der Waals surface area contributed by atoms with Gasteiger partial charge in [-0.2, -0.15) is 0 Å². The van der Waals surface area contributed by atoms with Crippen molar-refractivity contribution < 1.29 is 0 Å². The van der Waals surface area contributed by atoms with Crippen LogP contribution in [0.5, 0.6) is 0 Å². The minimum atomic E-state index is 0.208. The van der Waals surface area contributed by atoms with Gasteiger partial charge in [0, 0.05) is 19.0 Å². The number of imidazole rings is 1. The fourth-order valence-corrected chi connectivity index (χ4v) is 3.30. The van der Waals surface area contributed by atoms with Crippen LogP contribution < -0.4 is 5.73 Å². The van der Waals surface area contributed by atoms with Gasteiger partial charge in [0.2, 0.25) is 0 Å². The van der Waals surface area contributed by atoms with Crippen LogP contribution in [0.25, 0.3) is 11.0 Å². The summed E-state index contributed by atoms with van der Waals surface area (Å²) in [5.41, 5.74) is 9.57. The summed E-state index contributed by atoms with van der Waals surface area (Å²) in [4.78, 5) is 4.85. The Morgan fingerprint density at radius 3 is 2.79 bits per heavy atom. The fourth-order valence-electron chi connectivity index (χ4n) is 3.30. The first-order chi connectivity index (χ1) is 9.15. The van der Waals surface area contributed by atoms with Gasteiger partial charge < -0.3 is 10.3 Å². The molecule has 2 N–H and O–H groups in total. The Bertz CT molecular complexity index is 577. The van der Waals surface area contributed by atoms with E-state index in [1.165, 1.54) is 42.6 Å². The zero-order chi connectivity index (χ0) is 13.4. The molecule has 1 aromatic carbocycles. The van der Waals surface area contributed by atoms with Gasteiger partial charge in [-0.25, -0.2) is 4.98 Å². The smallest absolute Gasteiger partial charge is 0.112 e. The highest BCUT2D eigenvalue weighted by Crippen LogP contribution is 2.34. The number of hydrogen-bond donors (Lipinski definition) is 1. The van der Waals surface area contributed by atoms with Crippen molar-refractivity contribution in [1.82, 2.24) is 9.55 Å². The van der Waals surface area contributed by atoms with E-state index in [-0.39, 0.29) is 6.04 Å². The molecule has 1 aliphatic carbocycles. The lowest BCUT2D eigenvalue weighted by molar-refractivity contribution is 0.639. The number of fused-ring (bicyclic) bond motifs is 1. The predicted octanol–water partition coefficient (Wildman–Crippen LogP) is 3.12. The minimum absolute atomic E-state index is 0.208. The average Bonchev–Trinajstić information content (AvgIpc) is 2.97. The number of nitrogens with two attached hydrogens (primary N) is 1. The molecule has 0 amide bonds. The van der Waals surface area contributed by atoms with Crippen molar-refractivity contribution in [3.8, 4) is 0 Å². The van der Waals surface area contributed by atoms with Crippen molar-refractivity contribution in [3.05, 3.63) is 29.6 Å². The van der Waals surface area contributed by atoms with Gasteiger partial charge in [0.15, 0.2) is 0 Å². The van der Waals surface area contributed by atoms with Gasteiger partial charge in [-0.05, 0) is 43.9 Å². The number of hydrogen-bond acceptors (Lipinski definition) is 2. The molecule has 1 fully saturated rings. The Hall–Kier alpha value is -1.35. The molecule has 2 aromatic rings. The lowest BCUT2D eigenvalue weighted by Crippen LogP contribution is -2.17. The summed E-state index contributed by atoms with van der Waals surface area (Å²) in [6, 6.07) is 6.77. The molecule has 1 aromatic heterocycles. The van der Waals surface area contributed by atoms with Crippen molar-refractivity contribution in [2.24, 2.45) is 12.8 Å². The van der Waals surface area contributed by atoms with E-state index in [1.54, 1.807) is 0 Å². The lowest BCUT2D eigenvalue weighted by Gasteiger charge is -2.09. The van der Waals surface area contributed by atoms with Gasteiger partial charge in [-0.3, -0.25) is 0 Å². The third-order valence-electron chi connectivity index (χ3n) is 4.26. The molecule has 1 heterocycles. The fraction of sp³-hybridized carbons (Fsp3) is 0.562. The number of nitrogens with zero attached hydrogens (tertiary/aromatic N) is 2. The van der Waals surface area contributed by atoms with Crippen LogP contribution in [-0.2, 0) is 13.5 Å². The van der Waals surface area contributed by atoms with Crippen molar-refractivity contribution in [2.45, 2.75) is 51.0 Å². The molecule has 0 radical (unpaired) electrons. The normalized spacial score (nSPS) is 18.3. The summed E-state index contributed by atoms with van der Waals surface area (Å²) in [6.45, 7) is 2.05. The molecule has 19 heavy (non-hydrogen) atoms. The standard InChI is InChI=1S/C16H23N3/c1-11(17)9-12-7-8-14-15(10-12)19(2)16(18-14)13-5-3-4-6-13/h7-8,10-11,13H,3-6,9,17H2,1-2H3. The average molecular weight is 257 g/mol. The van der Waals surface area contributed by atoms with E-state index >= 15 is 0 Å². The molecule has 1 aliphatic rings. The molecule has 3 heteroatoms. The molecule has 102 valence electrons. The molecular formula is C16H23N3.